The Labute approximate surface area is 55.5 Å². The third kappa shape index (κ3) is 1.83. The second-order valence-corrected chi connectivity index (χ2v) is 1.47. The Bertz CT molecular complexity index is 108. The Hall–Kier alpha value is -0.330. The Morgan fingerprint density at radius 2 is 2.00 bits per heavy atom. The normalized spacial score (nSPS) is 30.9. The maximum atomic E-state index is 11.9. The molecule has 0 spiro atoms. The summed E-state index contributed by atoms with van der Waals surface area (Å²) in [5, 5.41) is 3.37. The molecular weight excluding hydrogens is 153 g/mol. The molecule has 0 saturated carbocycles. The molecule has 1 heterocycles. The number of rotatable bonds is 0. The Morgan fingerprint density at radius 1 is 1.40 bits per heavy atom. The van der Waals surface area contributed by atoms with Crippen LogP contribution in [0.3, 0.4) is 0 Å². The molecule has 0 aromatic heterocycles. The van der Waals surface area contributed by atoms with Crippen LogP contribution < -0.4 is 0 Å². The van der Waals surface area contributed by atoms with Gasteiger partial charge in [-0.2, -0.15) is 8.78 Å². The molecule has 0 aliphatic carbocycles. The van der Waals surface area contributed by atoms with Crippen LogP contribution in [0.1, 0.15) is 7.43 Å². The van der Waals surface area contributed by atoms with Crippen molar-refractivity contribution >= 4 is 0 Å². The van der Waals surface area contributed by atoms with Gasteiger partial charge in [0.1, 0.15) is 6.61 Å². The summed E-state index contributed by atoms with van der Waals surface area (Å²) in [7, 11) is 0. The first-order valence-corrected chi connectivity index (χ1v) is 2.12. The molecule has 1 rings (SSSR count). The summed E-state index contributed by atoms with van der Waals surface area (Å²) >= 11 is 0. The average molecular weight is 160 g/mol. The van der Waals surface area contributed by atoms with Gasteiger partial charge in [0.2, 0.25) is 6.17 Å². The van der Waals surface area contributed by atoms with Gasteiger partial charge in [0.15, 0.2) is 0 Å². The Morgan fingerprint density at radius 3 is 2.30 bits per heavy atom. The van der Waals surface area contributed by atoms with Gasteiger partial charge < -0.3 is 0 Å². The van der Waals surface area contributed by atoms with Gasteiger partial charge in [0, 0.05) is 0 Å². The quantitative estimate of drug-likeness (QED) is 0.502. The highest BCUT2D eigenvalue weighted by molar-refractivity contribution is 4.65. The van der Waals surface area contributed by atoms with E-state index in [2.05, 4.69) is 14.8 Å². The van der Waals surface area contributed by atoms with Crippen molar-refractivity contribution in [3.8, 4) is 0 Å². The lowest BCUT2D eigenvalue weighted by Gasteiger charge is -2.21. The second-order valence-electron chi connectivity index (χ2n) is 1.47. The fourth-order valence-corrected chi connectivity index (χ4v) is 0.306. The van der Waals surface area contributed by atoms with Gasteiger partial charge >= 0.3 is 6.11 Å². The summed E-state index contributed by atoms with van der Waals surface area (Å²) in [6.07, 6.45) is -6.33. The SMILES string of the molecule is C.FC1COOOC1(F)F. The van der Waals surface area contributed by atoms with Crippen molar-refractivity contribution in [3.05, 3.63) is 0 Å². The highest BCUT2D eigenvalue weighted by atomic mass is 19.3. The zero-order valence-corrected chi connectivity index (χ0v) is 4.14. The third-order valence-electron chi connectivity index (χ3n) is 0.772. The van der Waals surface area contributed by atoms with Gasteiger partial charge in [0.05, 0.1) is 0 Å². The van der Waals surface area contributed by atoms with Crippen molar-refractivity contribution in [2.24, 2.45) is 0 Å². The van der Waals surface area contributed by atoms with Crippen LogP contribution in [-0.4, -0.2) is 18.9 Å². The third-order valence-corrected chi connectivity index (χ3v) is 0.772. The molecule has 1 saturated heterocycles. The van der Waals surface area contributed by atoms with Gasteiger partial charge in [-0.15, -0.1) is 4.89 Å². The van der Waals surface area contributed by atoms with E-state index in [1.807, 2.05) is 0 Å². The minimum Gasteiger partial charge on any atom is -0.235 e. The highest BCUT2D eigenvalue weighted by Gasteiger charge is 2.47. The molecule has 1 fully saturated rings. The van der Waals surface area contributed by atoms with Crippen LogP contribution in [0, 0.1) is 0 Å². The summed E-state index contributed by atoms with van der Waals surface area (Å²) in [5.41, 5.74) is 0. The van der Waals surface area contributed by atoms with Crippen molar-refractivity contribution in [1.82, 2.24) is 0 Å². The summed E-state index contributed by atoms with van der Waals surface area (Å²) < 4.78 is 35.5. The zero-order valence-electron chi connectivity index (χ0n) is 4.14. The lowest BCUT2D eigenvalue weighted by Crippen LogP contribution is -2.40. The number of halogens is 3. The minimum atomic E-state index is -3.88. The first kappa shape index (κ1) is 9.67. The number of alkyl halides is 3. The van der Waals surface area contributed by atoms with Crippen LogP contribution in [0.5, 0.6) is 0 Å². The standard InChI is InChI=1S/C3H3F3O3.CH4/c4-2-1-7-9-8-3(2,5)6;/h2H,1H2;1H4. The van der Waals surface area contributed by atoms with Gasteiger partial charge in [-0.1, -0.05) is 12.5 Å². The van der Waals surface area contributed by atoms with Gasteiger partial charge in [-0.3, -0.25) is 0 Å². The summed E-state index contributed by atoms with van der Waals surface area (Å²) in [6.45, 7) is -0.812. The fraction of sp³-hybridized carbons (Fsp3) is 1.00. The molecule has 0 bridgehead atoms. The molecule has 10 heavy (non-hydrogen) atoms. The van der Waals surface area contributed by atoms with Crippen molar-refractivity contribution in [1.29, 1.82) is 0 Å². The van der Waals surface area contributed by atoms with E-state index >= 15 is 0 Å². The van der Waals surface area contributed by atoms with E-state index in [1.54, 1.807) is 0 Å². The van der Waals surface area contributed by atoms with E-state index in [9.17, 15) is 13.2 Å². The molecule has 1 atom stereocenters. The number of hydrogen-bond acceptors (Lipinski definition) is 3. The first-order valence-electron chi connectivity index (χ1n) is 2.12. The molecule has 1 aliphatic rings. The topological polar surface area (TPSA) is 27.7 Å². The van der Waals surface area contributed by atoms with Crippen LogP contribution in [-0.2, 0) is 14.8 Å². The number of hydrogen-bond donors (Lipinski definition) is 0. The monoisotopic (exact) mass is 160 g/mol. The summed E-state index contributed by atoms with van der Waals surface area (Å²) in [4.78, 5) is 6.89. The molecule has 0 amide bonds. The first-order chi connectivity index (χ1) is 4.13. The van der Waals surface area contributed by atoms with Gasteiger partial charge in [-0.05, 0) is 0 Å². The molecule has 6 heteroatoms. The van der Waals surface area contributed by atoms with E-state index in [0.29, 0.717) is 0 Å². The van der Waals surface area contributed by atoms with Crippen molar-refractivity contribution in [3.63, 3.8) is 0 Å². The minimum absolute atomic E-state index is 0. The van der Waals surface area contributed by atoms with Crippen LogP contribution in [0.25, 0.3) is 0 Å². The van der Waals surface area contributed by atoms with Crippen molar-refractivity contribution in [2.45, 2.75) is 19.7 Å². The highest BCUT2D eigenvalue weighted by Crippen LogP contribution is 2.26. The predicted molar refractivity (Wildman–Crippen MR) is 24.7 cm³/mol. The maximum Gasteiger partial charge on any atom is 0.416 e. The summed E-state index contributed by atoms with van der Waals surface area (Å²) in [6, 6.07) is 0. The molecule has 0 radical (unpaired) electrons. The lowest BCUT2D eigenvalue weighted by molar-refractivity contribution is -0.616. The molecule has 62 valence electrons. The Balaban J connectivity index is 0.000000810. The molecule has 0 aromatic rings. The average Bonchev–Trinajstić information content (AvgIpc) is 1.77. The van der Waals surface area contributed by atoms with Gasteiger partial charge in [-0.25, -0.2) is 9.28 Å². The van der Waals surface area contributed by atoms with Crippen molar-refractivity contribution < 1.29 is 28.0 Å². The largest absolute Gasteiger partial charge is 0.416 e. The van der Waals surface area contributed by atoms with E-state index in [0.717, 1.165) is 0 Å². The second kappa shape index (κ2) is 3.18. The fourth-order valence-electron chi connectivity index (χ4n) is 0.306. The molecular formula is C4H7F3O3. The molecule has 0 aromatic carbocycles. The predicted octanol–water partition coefficient (Wildman–Crippen LogP) is 1.45. The van der Waals surface area contributed by atoms with E-state index in [4.69, 9.17) is 0 Å². The molecule has 1 aliphatic heterocycles. The molecule has 3 nitrogen and oxygen atoms in total. The Kier molecular flexibility index (Phi) is 3.07. The van der Waals surface area contributed by atoms with Crippen LogP contribution in [0.2, 0.25) is 0 Å². The zero-order chi connectivity index (χ0) is 6.91. The van der Waals surface area contributed by atoms with Gasteiger partial charge in [0.25, 0.3) is 0 Å². The van der Waals surface area contributed by atoms with E-state index in [1.165, 1.54) is 0 Å². The van der Waals surface area contributed by atoms with Crippen LogP contribution >= 0.6 is 0 Å². The van der Waals surface area contributed by atoms with E-state index in [-0.39, 0.29) is 7.43 Å². The smallest absolute Gasteiger partial charge is 0.235 e. The maximum absolute atomic E-state index is 11.9. The lowest BCUT2D eigenvalue weighted by atomic mass is 10.4. The molecule has 0 N–H and O–H groups in total. The molecule has 1 unspecified atom stereocenters. The van der Waals surface area contributed by atoms with E-state index < -0.39 is 18.9 Å². The summed E-state index contributed by atoms with van der Waals surface area (Å²) in [5.74, 6) is 0. The van der Waals surface area contributed by atoms with Crippen LogP contribution in [0.4, 0.5) is 13.2 Å². The van der Waals surface area contributed by atoms with Crippen LogP contribution in [0.15, 0.2) is 0 Å². The van der Waals surface area contributed by atoms with Crippen molar-refractivity contribution in [2.75, 3.05) is 6.61 Å².